The number of para-hydroxylation sites is 1. The van der Waals surface area contributed by atoms with E-state index in [-0.39, 0.29) is 23.6 Å². The molecular weight excluding hydrogens is 338 g/mol. The molecule has 0 spiro atoms. The number of hydrogen-bond acceptors (Lipinski definition) is 3. The topological polar surface area (TPSA) is 55.2 Å². The fraction of sp³-hybridized carbons (Fsp3) is 0.318. The Hall–Kier alpha value is -2.95. The average molecular weight is 363 g/mol. The van der Waals surface area contributed by atoms with E-state index in [1.165, 1.54) is 0 Å². The molecule has 27 heavy (non-hydrogen) atoms. The van der Waals surface area contributed by atoms with Crippen LogP contribution in [0.3, 0.4) is 0 Å². The van der Waals surface area contributed by atoms with Gasteiger partial charge in [-0.1, -0.05) is 49.4 Å². The predicted molar refractivity (Wildman–Crippen MR) is 107 cm³/mol. The van der Waals surface area contributed by atoms with Gasteiger partial charge >= 0.3 is 0 Å². The first-order valence-electron chi connectivity index (χ1n) is 9.27. The average Bonchev–Trinajstić information content (AvgIpc) is 2.71. The lowest BCUT2D eigenvalue weighted by Crippen LogP contribution is -2.38. The molecule has 0 bridgehead atoms. The van der Waals surface area contributed by atoms with Crippen LogP contribution < -0.4 is 5.56 Å². The van der Waals surface area contributed by atoms with E-state index in [9.17, 15) is 9.59 Å². The summed E-state index contributed by atoms with van der Waals surface area (Å²) in [6.07, 6.45) is 0.392. The molecule has 0 N–H and O–H groups in total. The molecule has 1 aromatic heterocycles. The Labute approximate surface area is 159 Å². The fourth-order valence-electron chi connectivity index (χ4n) is 3.58. The Kier molecular flexibility index (Phi) is 5.40. The third-order valence-electron chi connectivity index (χ3n) is 5.10. The van der Waals surface area contributed by atoms with Crippen molar-refractivity contribution in [3.05, 3.63) is 76.3 Å². The van der Waals surface area contributed by atoms with Crippen LogP contribution in [0.4, 0.5) is 0 Å². The number of rotatable bonds is 5. The van der Waals surface area contributed by atoms with E-state index in [2.05, 4.69) is 0 Å². The quantitative estimate of drug-likeness (QED) is 0.689. The number of fused-ring (bicyclic) bond motifs is 1. The molecule has 0 aliphatic rings. The van der Waals surface area contributed by atoms with E-state index in [1.54, 1.807) is 17.7 Å². The van der Waals surface area contributed by atoms with Gasteiger partial charge in [-0.3, -0.25) is 14.2 Å². The third-order valence-corrected chi connectivity index (χ3v) is 5.10. The first-order chi connectivity index (χ1) is 13.0. The van der Waals surface area contributed by atoms with E-state index in [4.69, 9.17) is 4.98 Å². The summed E-state index contributed by atoms with van der Waals surface area (Å²) in [6.45, 7) is 5.80. The molecule has 5 heteroatoms. The molecule has 5 nitrogen and oxygen atoms in total. The molecule has 1 amide bonds. The maximum Gasteiger partial charge on any atom is 0.261 e. The van der Waals surface area contributed by atoms with Gasteiger partial charge in [-0.05, 0) is 31.5 Å². The Morgan fingerprint density at radius 1 is 1.04 bits per heavy atom. The summed E-state index contributed by atoms with van der Waals surface area (Å²) in [4.78, 5) is 32.1. The van der Waals surface area contributed by atoms with Gasteiger partial charge in [0.15, 0.2) is 0 Å². The number of benzene rings is 2. The van der Waals surface area contributed by atoms with Crippen LogP contribution in [0.2, 0.25) is 0 Å². The van der Waals surface area contributed by atoms with E-state index in [1.807, 2.05) is 74.2 Å². The summed E-state index contributed by atoms with van der Waals surface area (Å²) >= 11 is 0. The van der Waals surface area contributed by atoms with Gasteiger partial charge in [0.2, 0.25) is 5.91 Å². The minimum atomic E-state index is -0.338. The summed E-state index contributed by atoms with van der Waals surface area (Å²) in [5.41, 5.74) is 1.61. The van der Waals surface area contributed by atoms with Crippen molar-refractivity contribution in [2.45, 2.75) is 39.3 Å². The number of carbonyl (C=O) groups is 1. The summed E-state index contributed by atoms with van der Waals surface area (Å²) in [7, 11) is 1.72. The van der Waals surface area contributed by atoms with Gasteiger partial charge < -0.3 is 4.90 Å². The highest BCUT2D eigenvalue weighted by Gasteiger charge is 2.29. The van der Waals surface area contributed by atoms with Crippen LogP contribution in [-0.4, -0.2) is 20.4 Å². The first-order valence-corrected chi connectivity index (χ1v) is 9.27. The zero-order valence-corrected chi connectivity index (χ0v) is 16.2. The van der Waals surface area contributed by atoms with E-state index in [0.717, 1.165) is 5.56 Å². The second kappa shape index (κ2) is 7.74. The molecule has 0 fully saturated rings. The lowest BCUT2D eigenvalue weighted by molar-refractivity contribution is -0.135. The van der Waals surface area contributed by atoms with Gasteiger partial charge in [0, 0.05) is 13.5 Å². The summed E-state index contributed by atoms with van der Waals surface area (Å²) in [6, 6.07) is 16.8. The Bertz CT molecular complexity index is 1010. The van der Waals surface area contributed by atoms with Crippen LogP contribution >= 0.6 is 0 Å². The molecule has 0 radical (unpaired) electrons. The first kappa shape index (κ1) is 18.8. The molecule has 0 aliphatic carbocycles. The SMILES string of the molecule is CCC(=O)N(C(C)c1ccccc1)C(C)c1nc2ccccc2c(=O)n1C. The summed E-state index contributed by atoms with van der Waals surface area (Å²) in [5, 5.41) is 0.584. The highest BCUT2D eigenvalue weighted by molar-refractivity contribution is 5.78. The van der Waals surface area contributed by atoms with Crippen LogP contribution in [0, 0.1) is 0 Å². The molecule has 1 heterocycles. The van der Waals surface area contributed by atoms with Crippen molar-refractivity contribution in [2.75, 3.05) is 0 Å². The van der Waals surface area contributed by atoms with Gasteiger partial charge in [0.05, 0.1) is 23.0 Å². The van der Waals surface area contributed by atoms with Gasteiger partial charge in [-0.15, -0.1) is 0 Å². The van der Waals surface area contributed by atoms with Crippen LogP contribution in [0.5, 0.6) is 0 Å². The van der Waals surface area contributed by atoms with Crippen molar-refractivity contribution >= 4 is 16.8 Å². The summed E-state index contributed by atoms with van der Waals surface area (Å²) < 4.78 is 1.56. The van der Waals surface area contributed by atoms with E-state index >= 15 is 0 Å². The largest absolute Gasteiger partial charge is 0.326 e. The Morgan fingerprint density at radius 3 is 2.33 bits per heavy atom. The highest BCUT2D eigenvalue weighted by atomic mass is 16.2. The minimum absolute atomic E-state index is 0.0289. The van der Waals surface area contributed by atoms with Gasteiger partial charge in [-0.25, -0.2) is 4.98 Å². The molecule has 2 atom stereocenters. The normalized spacial score (nSPS) is 13.3. The van der Waals surface area contributed by atoms with Gasteiger partial charge in [0.25, 0.3) is 5.56 Å². The fourth-order valence-corrected chi connectivity index (χ4v) is 3.58. The number of carbonyl (C=O) groups excluding carboxylic acids is 1. The van der Waals surface area contributed by atoms with E-state index in [0.29, 0.717) is 23.1 Å². The molecule has 3 aromatic rings. The molecule has 2 unspecified atom stereocenters. The number of hydrogen-bond donors (Lipinski definition) is 0. The van der Waals surface area contributed by atoms with Crippen molar-refractivity contribution < 1.29 is 4.79 Å². The van der Waals surface area contributed by atoms with Crippen molar-refractivity contribution in [3.63, 3.8) is 0 Å². The summed E-state index contributed by atoms with van der Waals surface area (Å²) in [5.74, 6) is 0.615. The zero-order chi connectivity index (χ0) is 19.6. The molecular formula is C22H25N3O2. The molecule has 0 aliphatic heterocycles. The molecule has 2 aromatic carbocycles. The minimum Gasteiger partial charge on any atom is -0.326 e. The third kappa shape index (κ3) is 3.50. The van der Waals surface area contributed by atoms with Gasteiger partial charge in [0.1, 0.15) is 5.82 Å². The van der Waals surface area contributed by atoms with Crippen LogP contribution in [-0.2, 0) is 11.8 Å². The smallest absolute Gasteiger partial charge is 0.261 e. The maximum atomic E-state index is 12.8. The standard InChI is InChI=1S/C22H25N3O2/c1-5-20(26)25(15(2)17-11-7-6-8-12-17)16(3)21-23-19-14-10-9-13-18(19)22(27)24(21)4/h6-16H,5H2,1-4H3. The van der Waals surface area contributed by atoms with E-state index < -0.39 is 0 Å². The van der Waals surface area contributed by atoms with Crippen molar-refractivity contribution in [1.29, 1.82) is 0 Å². The lowest BCUT2D eigenvalue weighted by atomic mass is 10.0. The molecule has 140 valence electrons. The lowest BCUT2D eigenvalue weighted by Gasteiger charge is -2.35. The number of amides is 1. The highest BCUT2D eigenvalue weighted by Crippen LogP contribution is 2.30. The second-order valence-electron chi connectivity index (χ2n) is 6.77. The molecule has 0 saturated carbocycles. The Balaban J connectivity index is 2.11. The van der Waals surface area contributed by atoms with Crippen molar-refractivity contribution in [1.82, 2.24) is 14.5 Å². The zero-order valence-electron chi connectivity index (χ0n) is 16.2. The van der Waals surface area contributed by atoms with Crippen molar-refractivity contribution in [3.8, 4) is 0 Å². The van der Waals surface area contributed by atoms with Gasteiger partial charge in [-0.2, -0.15) is 0 Å². The second-order valence-corrected chi connectivity index (χ2v) is 6.77. The Morgan fingerprint density at radius 2 is 1.67 bits per heavy atom. The maximum absolute atomic E-state index is 12.8. The number of aromatic nitrogens is 2. The predicted octanol–water partition coefficient (Wildman–Crippen LogP) is 3.99. The van der Waals surface area contributed by atoms with Crippen LogP contribution in [0.15, 0.2) is 59.4 Å². The molecule has 3 rings (SSSR count). The monoisotopic (exact) mass is 363 g/mol. The van der Waals surface area contributed by atoms with Crippen molar-refractivity contribution in [2.24, 2.45) is 7.05 Å². The number of nitrogens with zero attached hydrogens (tertiary/aromatic N) is 3. The van der Waals surface area contributed by atoms with Crippen LogP contribution in [0.1, 0.15) is 50.7 Å². The molecule has 0 saturated heterocycles. The van der Waals surface area contributed by atoms with Crippen LogP contribution in [0.25, 0.3) is 10.9 Å².